The molecule has 0 aliphatic carbocycles. The minimum Gasteiger partial charge on any atom is -0.300 e. The molecule has 0 radical (unpaired) electrons. The van der Waals surface area contributed by atoms with E-state index < -0.39 is 5.51 Å². The van der Waals surface area contributed by atoms with Gasteiger partial charge in [-0.25, -0.2) is 0 Å². The summed E-state index contributed by atoms with van der Waals surface area (Å²) in [5.41, 5.74) is -3.37. The molecule has 0 atom stereocenters. The van der Waals surface area contributed by atoms with Gasteiger partial charge in [-0.05, 0) is 42.8 Å². The minimum atomic E-state index is -4.25. The first-order valence-corrected chi connectivity index (χ1v) is 5.52. The topological polar surface area (TPSA) is 17.1 Å². The molecule has 0 aromatic heterocycles. The van der Waals surface area contributed by atoms with Crippen molar-refractivity contribution in [1.29, 1.82) is 0 Å². The van der Waals surface area contributed by atoms with E-state index in [0.29, 0.717) is 12.8 Å². The summed E-state index contributed by atoms with van der Waals surface area (Å²) in [6.45, 7) is 1.49. The molecule has 0 bridgehead atoms. The molecule has 1 nitrogen and oxygen atoms in total. The van der Waals surface area contributed by atoms with Gasteiger partial charge in [0.15, 0.2) is 0 Å². The van der Waals surface area contributed by atoms with E-state index in [1.807, 2.05) is 0 Å². The number of ketones is 1. The highest BCUT2D eigenvalue weighted by molar-refractivity contribution is 8.00. The zero-order valence-electron chi connectivity index (χ0n) is 8.67. The maximum atomic E-state index is 12.0. The first-order chi connectivity index (χ1) is 7.37. The number of carbonyl (C=O) groups excluding carboxylic acids is 1. The van der Waals surface area contributed by atoms with E-state index in [4.69, 9.17) is 0 Å². The van der Waals surface area contributed by atoms with Crippen LogP contribution in [0.15, 0.2) is 29.2 Å². The standard InChI is InChI=1S/C11H11F3OS/c1-8(15)2-3-9-4-6-10(7-5-9)16-11(12,13)14/h4-7H,2-3H2,1H3. The normalized spacial score (nSPS) is 11.5. The molecule has 0 N–H and O–H groups in total. The Hall–Kier alpha value is -0.970. The summed E-state index contributed by atoms with van der Waals surface area (Å²) in [5.74, 6) is 0.0775. The molecule has 1 aromatic rings. The average Bonchev–Trinajstić information content (AvgIpc) is 2.14. The third-order valence-corrected chi connectivity index (χ3v) is 2.66. The molecule has 0 saturated carbocycles. The van der Waals surface area contributed by atoms with E-state index in [1.165, 1.54) is 19.1 Å². The largest absolute Gasteiger partial charge is 0.446 e. The summed E-state index contributed by atoms with van der Waals surface area (Å²) in [5, 5.41) is 0. The molecule has 0 aliphatic rings. The third kappa shape index (κ3) is 5.21. The number of alkyl halides is 3. The lowest BCUT2D eigenvalue weighted by molar-refractivity contribution is -0.116. The number of rotatable bonds is 4. The van der Waals surface area contributed by atoms with Gasteiger partial charge >= 0.3 is 5.51 Å². The number of aryl methyl sites for hydroxylation is 1. The van der Waals surface area contributed by atoms with Gasteiger partial charge in [-0.15, -0.1) is 0 Å². The SMILES string of the molecule is CC(=O)CCc1ccc(SC(F)(F)F)cc1. The van der Waals surface area contributed by atoms with Crippen LogP contribution in [-0.4, -0.2) is 11.3 Å². The number of thioether (sulfide) groups is 1. The van der Waals surface area contributed by atoms with Gasteiger partial charge in [0.2, 0.25) is 0 Å². The van der Waals surface area contributed by atoms with Crippen molar-refractivity contribution in [2.24, 2.45) is 0 Å². The molecule has 1 aromatic carbocycles. The summed E-state index contributed by atoms with van der Waals surface area (Å²) in [4.78, 5) is 10.9. The van der Waals surface area contributed by atoms with Crippen molar-refractivity contribution >= 4 is 17.5 Å². The Labute approximate surface area is 96.0 Å². The van der Waals surface area contributed by atoms with Crippen LogP contribution in [0, 0.1) is 0 Å². The Bertz CT molecular complexity index is 356. The first-order valence-electron chi connectivity index (χ1n) is 4.71. The van der Waals surface area contributed by atoms with Gasteiger partial charge in [-0.1, -0.05) is 12.1 Å². The first kappa shape index (κ1) is 13.1. The summed E-state index contributed by atoms with van der Waals surface area (Å²) >= 11 is -0.133. The lowest BCUT2D eigenvalue weighted by Gasteiger charge is -2.06. The molecule has 1 rings (SSSR count). The highest BCUT2D eigenvalue weighted by Crippen LogP contribution is 2.36. The van der Waals surface area contributed by atoms with Crippen LogP contribution in [0.25, 0.3) is 0 Å². The molecule has 88 valence electrons. The second-order valence-corrected chi connectivity index (χ2v) is 4.53. The van der Waals surface area contributed by atoms with Crippen LogP contribution in [0.2, 0.25) is 0 Å². The molecule has 0 saturated heterocycles. The van der Waals surface area contributed by atoms with Crippen molar-refractivity contribution < 1.29 is 18.0 Å². The highest BCUT2D eigenvalue weighted by atomic mass is 32.2. The second-order valence-electron chi connectivity index (χ2n) is 3.39. The van der Waals surface area contributed by atoms with Crippen molar-refractivity contribution in [3.8, 4) is 0 Å². The molecule has 0 unspecified atom stereocenters. The van der Waals surface area contributed by atoms with Crippen molar-refractivity contribution in [2.75, 3.05) is 0 Å². The fourth-order valence-corrected chi connectivity index (χ4v) is 1.72. The zero-order chi connectivity index (χ0) is 12.2. The van der Waals surface area contributed by atoms with Crippen molar-refractivity contribution in [2.45, 2.75) is 30.2 Å². The lowest BCUT2D eigenvalue weighted by Crippen LogP contribution is -1.99. The number of halogens is 3. The minimum absolute atomic E-state index is 0.0775. The van der Waals surface area contributed by atoms with Crippen LogP contribution in [0.3, 0.4) is 0 Å². The molecular formula is C11H11F3OS. The third-order valence-electron chi connectivity index (χ3n) is 1.92. The van der Waals surface area contributed by atoms with Crippen molar-refractivity contribution in [3.05, 3.63) is 29.8 Å². The Balaban J connectivity index is 2.57. The van der Waals surface area contributed by atoms with Gasteiger partial charge < -0.3 is 4.79 Å². The van der Waals surface area contributed by atoms with Crippen LogP contribution in [0.1, 0.15) is 18.9 Å². The summed E-state index contributed by atoms with van der Waals surface area (Å²) in [6.07, 6.45) is 0.998. The monoisotopic (exact) mass is 248 g/mol. The summed E-state index contributed by atoms with van der Waals surface area (Å²) < 4.78 is 36.0. The molecule has 5 heteroatoms. The smallest absolute Gasteiger partial charge is 0.300 e. The van der Waals surface area contributed by atoms with Gasteiger partial charge in [-0.3, -0.25) is 0 Å². The quantitative estimate of drug-likeness (QED) is 0.753. The number of hydrogen-bond donors (Lipinski definition) is 0. The Morgan fingerprint density at radius 2 is 1.81 bits per heavy atom. The van der Waals surface area contributed by atoms with E-state index in [9.17, 15) is 18.0 Å². The van der Waals surface area contributed by atoms with Crippen LogP contribution < -0.4 is 0 Å². The molecule has 0 spiro atoms. The molecular weight excluding hydrogens is 237 g/mol. The van der Waals surface area contributed by atoms with Crippen LogP contribution in [-0.2, 0) is 11.2 Å². The predicted octanol–water partition coefficient (Wildman–Crippen LogP) is 3.82. The van der Waals surface area contributed by atoms with Gasteiger partial charge in [0.25, 0.3) is 0 Å². The van der Waals surface area contributed by atoms with Crippen molar-refractivity contribution in [3.63, 3.8) is 0 Å². The highest BCUT2D eigenvalue weighted by Gasteiger charge is 2.28. The van der Waals surface area contributed by atoms with Gasteiger partial charge in [0, 0.05) is 11.3 Å². The maximum absolute atomic E-state index is 12.0. The van der Waals surface area contributed by atoms with E-state index >= 15 is 0 Å². The second kappa shape index (κ2) is 5.39. The van der Waals surface area contributed by atoms with Gasteiger partial charge in [0.1, 0.15) is 5.78 Å². The average molecular weight is 248 g/mol. The lowest BCUT2D eigenvalue weighted by atomic mass is 10.1. The van der Waals surface area contributed by atoms with E-state index in [-0.39, 0.29) is 22.4 Å². The molecule has 0 fully saturated rings. The number of Topliss-reactive ketones (excluding diaryl/α,β-unsaturated/α-hetero) is 1. The van der Waals surface area contributed by atoms with Crippen LogP contribution in [0.4, 0.5) is 13.2 Å². The van der Waals surface area contributed by atoms with Gasteiger partial charge in [0.05, 0.1) is 0 Å². The summed E-state index contributed by atoms with van der Waals surface area (Å²) in [6, 6.07) is 6.09. The van der Waals surface area contributed by atoms with E-state index in [2.05, 4.69) is 0 Å². The Morgan fingerprint density at radius 3 is 2.25 bits per heavy atom. The molecule has 0 amide bonds. The number of hydrogen-bond acceptors (Lipinski definition) is 2. The molecule has 0 heterocycles. The van der Waals surface area contributed by atoms with Crippen molar-refractivity contribution in [1.82, 2.24) is 0 Å². The van der Waals surface area contributed by atoms with E-state index in [0.717, 1.165) is 5.56 Å². The zero-order valence-corrected chi connectivity index (χ0v) is 9.49. The Kier molecular flexibility index (Phi) is 4.41. The maximum Gasteiger partial charge on any atom is 0.446 e. The van der Waals surface area contributed by atoms with E-state index in [1.54, 1.807) is 12.1 Å². The molecule has 16 heavy (non-hydrogen) atoms. The predicted molar refractivity (Wildman–Crippen MR) is 57.4 cm³/mol. The Morgan fingerprint density at radius 1 is 1.25 bits per heavy atom. The number of benzene rings is 1. The van der Waals surface area contributed by atoms with Crippen LogP contribution >= 0.6 is 11.8 Å². The number of carbonyl (C=O) groups is 1. The van der Waals surface area contributed by atoms with Crippen LogP contribution in [0.5, 0.6) is 0 Å². The molecule has 0 aliphatic heterocycles. The van der Waals surface area contributed by atoms with Gasteiger partial charge in [-0.2, -0.15) is 13.2 Å². The fourth-order valence-electron chi connectivity index (χ4n) is 1.18. The fraction of sp³-hybridized carbons (Fsp3) is 0.364. The summed E-state index contributed by atoms with van der Waals surface area (Å²) in [7, 11) is 0.